The number of amides is 1. The summed E-state index contributed by atoms with van der Waals surface area (Å²) in [5.41, 5.74) is 0.351. The van der Waals surface area contributed by atoms with Crippen LogP contribution in [0.5, 0.6) is 0 Å². The van der Waals surface area contributed by atoms with E-state index in [0.29, 0.717) is 34.7 Å². The number of likely N-dealkylation sites (tertiary alicyclic amines) is 1. The van der Waals surface area contributed by atoms with Gasteiger partial charge >= 0.3 is 0 Å². The standard InChI is InChI=1S/C26H28N2O2S/c1-27(16-21-22-17-28(18-23(21)22)15-19-9-4-2-5-10-19)25(29)26(30,24-13-8-14-31-24)20-11-6-3-7-12-20/h2-14,21-23,30H,15-18H2,1H3. The Bertz CT molecular complexity index is 1010. The minimum Gasteiger partial charge on any atom is -0.371 e. The van der Waals surface area contributed by atoms with E-state index in [4.69, 9.17) is 0 Å². The molecule has 5 heteroatoms. The van der Waals surface area contributed by atoms with Crippen molar-refractivity contribution in [3.8, 4) is 0 Å². The maximum atomic E-state index is 13.5. The van der Waals surface area contributed by atoms with Gasteiger partial charge in [-0.3, -0.25) is 9.69 Å². The molecule has 3 atom stereocenters. The average Bonchev–Trinajstić information content (AvgIpc) is 3.21. The molecule has 0 radical (unpaired) electrons. The molecule has 2 aromatic carbocycles. The maximum Gasteiger partial charge on any atom is 0.264 e. The molecule has 160 valence electrons. The predicted octanol–water partition coefficient (Wildman–Crippen LogP) is 3.82. The Morgan fingerprint density at radius 3 is 2.29 bits per heavy atom. The molecule has 1 saturated heterocycles. The van der Waals surface area contributed by atoms with E-state index in [2.05, 4.69) is 35.2 Å². The van der Waals surface area contributed by atoms with E-state index in [0.717, 1.165) is 19.6 Å². The van der Waals surface area contributed by atoms with E-state index in [-0.39, 0.29) is 5.91 Å². The van der Waals surface area contributed by atoms with Gasteiger partial charge in [-0.25, -0.2) is 0 Å². The third-order valence-corrected chi connectivity index (χ3v) is 7.88. The molecule has 1 aromatic heterocycles. The third-order valence-electron chi connectivity index (χ3n) is 6.91. The van der Waals surface area contributed by atoms with Crippen LogP contribution in [0.2, 0.25) is 0 Å². The van der Waals surface area contributed by atoms with Gasteiger partial charge in [0.25, 0.3) is 5.91 Å². The SMILES string of the molecule is CN(CC1C2CN(Cc3ccccc3)CC21)C(=O)C(O)(c1ccccc1)c1cccs1. The number of benzene rings is 2. The highest BCUT2D eigenvalue weighted by molar-refractivity contribution is 7.10. The van der Waals surface area contributed by atoms with Crippen molar-refractivity contribution in [3.05, 3.63) is 94.2 Å². The van der Waals surface area contributed by atoms with E-state index < -0.39 is 5.60 Å². The van der Waals surface area contributed by atoms with Gasteiger partial charge in [0.2, 0.25) is 5.60 Å². The smallest absolute Gasteiger partial charge is 0.264 e. The van der Waals surface area contributed by atoms with Crippen LogP contribution in [0, 0.1) is 17.8 Å². The quantitative estimate of drug-likeness (QED) is 0.617. The Morgan fingerprint density at radius 1 is 1.03 bits per heavy atom. The Hall–Kier alpha value is -2.47. The minimum atomic E-state index is -1.63. The Kier molecular flexibility index (Phi) is 5.42. The molecule has 1 N–H and O–H groups in total. The van der Waals surface area contributed by atoms with Crippen molar-refractivity contribution in [2.75, 3.05) is 26.7 Å². The summed E-state index contributed by atoms with van der Waals surface area (Å²) < 4.78 is 0. The van der Waals surface area contributed by atoms with Gasteiger partial charge in [-0.05, 0) is 40.3 Å². The molecule has 4 nitrogen and oxygen atoms in total. The van der Waals surface area contributed by atoms with Gasteiger partial charge in [0, 0.05) is 33.2 Å². The Labute approximate surface area is 187 Å². The van der Waals surface area contributed by atoms with Gasteiger partial charge in [-0.15, -0.1) is 11.3 Å². The van der Waals surface area contributed by atoms with Crippen molar-refractivity contribution in [2.45, 2.75) is 12.1 Å². The monoisotopic (exact) mass is 432 g/mol. The fraction of sp³-hybridized carbons (Fsp3) is 0.346. The summed E-state index contributed by atoms with van der Waals surface area (Å²) in [6, 6.07) is 23.6. The lowest BCUT2D eigenvalue weighted by Gasteiger charge is -2.32. The van der Waals surface area contributed by atoms with Crippen molar-refractivity contribution in [3.63, 3.8) is 0 Å². The highest BCUT2D eigenvalue weighted by atomic mass is 32.1. The zero-order valence-electron chi connectivity index (χ0n) is 17.7. The summed E-state index contributed by atoms with van der Waals surface area (Å²) in [5.74, 6) is 1.60. The lowest BCUT2D eigenvalue weighted by Crippen LogP contribution is -2.46. The normalized spacial score (nSPS) is 24.4. The average molecular weight is 433 g/mol. The zero-order valence-corrected chi connectivity index (χ0v) is 18.5. The fourth-order valence-corrected chi connectivity index (χ4v) is 6.03. The van der Waals surface area contributed by atoms with Gasteiger partial charge in [-0.2, -0.15) is 0 Å². The first-order valence-electron chi connectivity index (χ1n) is 10.9. The fourth-order valence-electron chi connectivity index (χ4n) is 5.19. The van der Waals surface area contributed by atoms with E-state index in [1.165, 1.54) is 16.9 Å². The summed E-state index contributed by atoms with van der Waals surface area (Å²) in [6.07, 6.45) is 0. The van der Waals surface area contributed by atoms with Crippen LogP contribution in [-0.2, 0) is 16.9 Å². The van der Waals surface area contributed by atoms with Crippen LogP contribution in [0.1, 0.15) is 16.0 Å². The van der Waals surface area contributed by atoms with Gasteiger partial charge in [0.05, 0.1) is 4.88 Å². The van der Waals surface area contributed by atoms with Crippen LogP contribution in [0.25, 0.3) is 0 Å². The first kappa shape index (κ1) is 20.4. The van der Waals surface area contributed by atoms with Crippen LogP contribution >= 0.6 is 11.3 Å². The second kappa shape index (κ2) is 8.23. The van der Waals surface area contributed by atoms with Crippen molar-refractivity contribution < 1.29 is 9.90 Å². The van der Waals surface area contributed by atoms with E-state index >= 15 is 0 Å². The number of carbonyl (C=O) groups excluding carboxylic acids is 1. The summed E-state index contributed by atoms with van der Waals surface area (Å²) in [7, 11) is 1.83. The third kappa shape index (κ3) is 3.82. The molecule has 0 spiro atoms. The van der Waals surface area contributed by atoms with Crippen molar-refractivity contribution >= 4 is 17.2 Å². The van der Waals surface area contributed by atoms with Crippen molar-refractivity contribution in [1.29, 1.82) is 0 Å². The van der Waals surface area contributed by atoms with Crippen LogP contribution < -0.4 is 0 Å². The number of aliphatic hydroxyl groups is 1. The topological polar surface area (TPSA) is 43.8 Å². The number of hydrogen-bond acceptors (Lipinski definition) is 4. The summed E-state index contributed by atoms with van der Waals surface area (Å²) >= 11 is 1.42. The molecule has 3 aromatic rings. The molecule has 2 aliphatic rings. The zero-order chi connectivity index (χ0) is 21.4. The molecule has 2 heterocycles. The van der Waals surface area contributed by atoms with Crippen molar-refractivity contribution in [2.24, 2.45) is 17.8 Å². The molecule has 2 fully saturated rings. The van der Waals surface area contributed by atoms with Crippen LogP contribution in [-0.4, -0.2) is 47.5 Å². The van der Waals surface area contributed by atoms with Gasteiger partial charge in [-0.1, -0.05) is 66.7 Å². The summed E-state index contributed by atoms with van der Waals surface area (Å²) in [4.78, 5) is 18.5. The van der Waals surface area contributed by atoms with Crippen LogP contribution in [0.15, 0.2) is 78.2 Å². The van der Waals surface area contributed by atoms with Crippen LogP contribution in [0.4, 0.5) is 0 Å². The highest BCUT2D eigenvalue weighted by Gasteiger charge is 2.56. The Balaban J connectivity index is 1.24. The van der Waals surface area contributed by atoms with Crippen molar-refractivity contribution in [1.82, 2.24) is 9.80 Å². The number of likely N-dealkylation sites (N-methyl/N-ethyl adjacent to an activating group) is 1. The van der Waals surface area contributed by atoms with E-state index in [1.807, 2.05) is 54.9 Å². The number of piperidine rings is 1. The lowest BCUT2D eigenvalue weighted by atomic mass is 9.90. The molecule has 0 bridgehead atoms. The molecule has 3 unspecified atom stereocenters. The predicted molar refractivity (Wildman–Crippen MR) is 124 cm³/mol. The molecule has 5 rings (SSSR count). The minimum absolute atomic E-state index is 0.243. The highest BCUT2D eigenvalue weighted by Crippen LogP contribution is 2.52. The summed E-state index contributed by atoms with van der Waals surface area (Å²) in [6.45, 7) is 3.90. The van der Waals surface area contributed by atoms with Crippen LogP contribution in [0.3, 0.4) is 0 Å². The second-order valence-corrected chi connectivity index (χ2v) is 9.86. The molecule has 1 aliphatic heterocycles. The summed E-state index contributed by atoms with van der Waals surface area (Å²) in [5, 5.41) is 13.5. The first-order valence-corrected chi connectivity index (χ1v) is 11.8. The maximum absolute atomic E-state index is 13.5. The van der Waals surface area contributed by atoms with E-state index in [9.17, 15) is 9.90 Å². The number of thiophene rings is 1. The van der Waals surface area contributed by atoms with E-state index in [1.54, 1.807) is 4.90 Å². The number of hydrogen-bond donors (Lipinski definition) is 1. The Morgan fingerprint density at radius 2 is 1.68 bits per heavy atom. The number of fused-ring (bicyclic) bond motifs is 1. The van der Waals surface area contributed by atoms with Gasteiger partial charge in [0.15, 0.2) is 0 Å². The van der Waals surface area contributed by atoms with Gasteiger partial charge in [0.1, 0.15) is 0 Å². The number of rotatable bonds is 7. The first-order chi connectivity index (χ1) is 15.1. The molecular weight excluding hydrogens is 404 g/mol. The van der Waals surface area contributed by atoms with Gasteiger partial charge < -0.3 is 10.0 Å². The number of carbonyl (C=O) groups is 1. The lowest BCUT2D eigenvalue weighted by molar-refractivity contribution is -0.146. The largest absolute Gasteiger partial charge is 0.371 e. The molecule has 1 aliphatic carbocycles. The number of nitrogens with zero attached hydrogens (tertiary/aromatic N) is 2. The molecule has 1 saturated carbocycles. The molecule has 1 amide bonds. The molecule has 31 heavy (non-hydrogen) atoms. The second-order valence-electron chi connectivity index (χ2n) is 8.91. The molecular formula is C26H28N2O2S.